The number of benzene rings is 1. The van der Waals surface area contributed by atoms with Gasteiger partial charge in [-0.3, -0.25) is 10.1 Å². The number of nitro benzene ring substituents is 1. The molecule has 2 N–H and O–H groups in total. The van der Waals surface area contributed by atoms with Gasteiger partial charge in [-0.1, -0.05) is 15.9 Å². The molecule has 0 atom stereocenters. The van der Waals surface area contributed by atoms with Gasteiger partial charge >= 0.3 is 5.69 Å². The maximum absolute atomic E-state index is 10.9. The van der Waals surface area contributed by atoms with E-state index in [1.54, 1.807) is 6.07 Å². The van der Waals surface area contributed by atoms with Gasteiger partial charge in [0.05, 0.1) is 4.92 Å². The average Bonchev–Trinajstić information content (AvgIpc) is 2.34. The summed E-state index contributed by atoms with van der Waals surface area (Å²) in [5, 5.41) is 18.1. The minimum Gasteiger partial charge on any atom is -0.430 e. The van der Waals surface area contributed by atoms with Crippen molar-refractivity contribution in [3.8, 4) is 11.6 Å². The van der Waals surface area contributed by atoms with E-state index in [2.05, 4.69) is 26.1 Å². The summed E-state index contributed by atoms with van der Waals surface area (Å²) in [5.74, 6) is 0.463. The van der Waals surface area contributed by atoms with Gasteiger partial charge in [0.15, 0.2) is 0 Å². The molecule has 0 fully saturated rings. The van der Waals surface area contributed by atoms with Crippen LogP contribution in [0.25, 0.3) is 0 Å². The van der Waals surface area contributed by atoms with Crippen molar-refractivity contribution in [2.75, 3.05) is 5.73 Å². The molecule has 0 unspecified atom stereocenters. The van der Waals surface area contributed by atoms with E-state index in [-0.39, 0.29) is 23.1 Å². The second kappa shape index (κ2) is 4.96. The van der Waals surface area contributed by atoms with Gasteiger partial charge in [-0.15, -0.1) is 10.2 Å². The van der Waals surface area contributed by atoms with Gasteiger partial charge in [0.25, 0.3) is 0 Å². The van der Waals surface area contributed by atoms with Crippen LogP contribution in [0.15, 0.2) is 34.8 Å². The summed E-state index contributed by atoms with van der Waals surface area (Å²) in [6.07, 6.45) is 0. The van der Waals surface area contributed by atoms with Gasteiger partial charge in [0.2, 0.25) is 11.6 Å². The first kappa shape index (κ1) is 12.2. The van der Waals surface area contributed by atoms with Crippen LogP contribution in [0, 0.1) is 10.1 Å². The number of hydrogen-bond donors (Lipinski definition) is 1. The zero-order valence-electron chi connectivity index (χ0n) is 8.91. The normalized spacial score (nSPS) is 10.1. The van der Waals surface area contributed by atoms with Gasteiger partial charge in [0, 0.05) is 16.6 Å². The molecule has 0 aliphatic rings. The highest BCUT2D eigenvalue weighted by molar-refractivity contribution is 9.10. The summed E-state index contributed by atoms with van der Waals surface area (Å²) in [4.78, 5) is 10.3. The molecule has 2 rings (SSSR count). The summed E-state index contributed by atoms with van der Waals surface area (Å²) in [6, 6.07) is 7.43. The smallest absolute Gasteiger partial charge is 0.312 e. The van der Waals surface area contributed by atoms with Gasteiger partial charge in [0.1, 0.15) is 5.82 Å². The third kappa shape index (κ3) is 2.72. The molecule has 0 amide bonds. The van der Waals surface area contributed by atoms with Crippen LogP contribution in [0.1, 0.15) is 0 Å². The molecule has 1 aromatic heterocycles. The molecule has 7 nitrogen and oxygen atoms in total. The van der Waals surface area contributed by atoms with Crippen molar-refractivity contribution >= 4 is 27.4 Å². The summed E-state index contributed by atoms with van der Waals surface area (Å²) in [5.41, 5.74) is 5.21. The fourth-order valence-electron chi connectivity index (χ4n) is 1.22. The Kier molecular flexibility index (Phi) is 3.38. The lowest BCUT2D eigenvalue weighted by molar-refractivity contribution is -0.385. The van der Waals surface area contributed by atoms with Crippen LogP contribution >= 0.6 is 15.9 Å². The van der Waals surface area contributed by atoms with E-state index in [0.29, 0.717) is 4.47 Å². The number of nitrogens with zero attached hydrogens (tertiary/aromatic N) is 3. The van der Waals surface area contributed by atoms with E-state index in [9.17, 15) is 10.1 Å². The number of hydrogen-bond acceptors (Lipinski definition) is 6. The van der Waals surface area contributed by atoms with Crippen molar-refractivity contribution in [1.82, 2.24) is 10.2 Å². The van der Waals surface area contributed by atoms with Crippen molar-refractivity contribution in [1.29, 1.82) is 0 Å². The van der Waals surface area contributed by atoms with Gasteiger partial charge in [-0.2, -0.15) is 0 Å². The van der Waals surface area contributed by atoms with E-state index in [1.165, 1.54) is 24.3 Å². The van der Waals surface area contributed by atoms with Gasteiger partial charge in [-0.25, -0.2) is 0 Å². The Morgan fingerprint density at radius 2 is 2.06 bits per heavy atom. The van der Waals surface area contributed by atoms with Gasteiger partial charge in [-0.05, 0) is 18.2 Å². The summed E-state index contributed by atoms with van der Waals surface area (Å²) < 4.78 is 5.88. The highest BCUT2D eigenvalue weighted by atomic mass is 79.9. The number of rotatable bonds is 3. The fraction of sp³-hybridized carbons (Fsp3) is 0. The highest BCUT2D eigenvalue weighted by Gasteiger charge is 2.16. The van der Waals surface area contributed by atoms with E-state index < -0.39 is 4.92 Å². The zero-order valence-corrected chi connectivity index (χ0v) is 10.5. The van der Waals surface area contributed by atoms with Crippen molar-refractivity contribution in [2.24, 2.45) is 0 Å². The van der Waals surface area contributed by atoms with Gasteiger partial charge < -0.3 is 10.5 Å². The molecular formula is C10H7BrN4O3. The lowest BCUT2D eigenvalue weighted by Crippen LogP contribution is -1.97. The third-order valence-electron chi connectivity index (χ3n) is 1.99. The number of halogens is 1. The molecule has 0 radical (unpaired) electrons. The van der Waals surface area contributed by atoms with Crippen LogP contribution in [-0.2, 0) is 0 Å². The molecule has 0 saturated carbocycles. The third-order valence-corrected chi connectivity index (χ3v) is 2.49. The van der Waals surface area contributed by atoms with E-state index in [0.717, 1.165) is 0 Å². The molecule has 18 heavy (non-hydrogen) atoms. The second-order valence-electron chi connectivity index (χ2n) is 3.27. The Hall–Kier alpha value is -2.22. The zero-order chi connectivity index (χ0) is 13.1. The highest BCUT2D eigenvalue weighted by Crippen LogP contribution is 2.32. The number of anilines is 1. The summed E-state index contributed by atoms with van der Waals surface area (Å²) >= 11 is 3.16. The van der Waals surface area contributed by atoms with Crippen LogP contribution in [0.3, 0.4) is 0 Å². The maximum Gasteiger partial charge on any atom is 0.312 e. The molecule has 2 aromatic rings. The molecule has 1 heterocycles. The van der Waals surface area contributed by atoms with E-state index in [1.807, 2.05) is 0 Å². The van der Waals surface area contributed by atoms with Crippen LogP contribution in [-0.4, -0.2) is 15.1 Å². The first-order chi connectivity index (χ1) is 8.56. The first-order valence-corrected chi connectivity index (χ1v) is 5.56. The molecule has 0 aliphatic heterocycles. The van der Waals surface area contributed by atoms with Crippen LogP contribution in [0.5, 0.6) is 11.6 Å². The molecule has 0 saturated heterocycles. The molecule has 0 spiro atoms. The Bertz CT molecular complexity index is 588. The molecule has 92 valence electrons. The molecular weight excluding hydrogens is 304 g/mol. The minimum absolute atomic E-state index is 0.0854. The number of nitrogens with two attached hydrogens (primary N) is 1. The average molecular weight is 311 g/mol. The fourth-order valence-corrected chi connectivity index (χ4v) is 1.57. The second-order valence-corrected chi connectivity index (χ2v) is 4.18. The Morgan fingerprint density at radius 3 is 2.67 bits per heavy atom. The van der Waals surface area contributed by atoms with Crippen LogP contribution < -0.4 is 10.5 Å². The van der Waals surface area contributed by atoms with E-state index >= 15 is 0 Å². The molecule has 8 heteroatoms. The molecule has 0 bridgehead atoms. The number of ether oxygens (including phenoxy) is 1. The number of nitro groups is 1. The number of aromatic nitrogens is 2. The minimum atomic E-state index is -0.537. The van der Waals surface area contributed by atoms with Crippen LogP contribution in [0.4, 0.5) is 11.5 Å². The lowest BCUT2D eigenvalue weighted by atomic mass is 10.3. The molecule has 1 aromatic carbocycles. The maximum atomic E-state index is 10.9. The van der Waals surface area contributed by atoms with Crippen LogP contribution in [0.2, 0.25) is 0 Å². The predicted molar refractivity (Wildman–Crippen MR) is 67.3 cm³/mol. The Balaban J connectivity index is 2.34. The first-order valence-electron chi connectivity index (χ1n) is 4.77. The lowest BCUT2D eigenvalue weighted by Gasteiger charge is -2.05. The topological polar surface area (TPSA) is 104 Å². The molecule has 0 aliphatic carbocycles. The van der Waals surface area contributed by atoms with Crippen molar-refractivity contribution < 1.29 is 9.66 Å². The monoisotopic (exact) mass is 310 g/mol. The van der Waals surface area contributed by atoms with Crippen molar-refractivity contribution in [3.63, 3.8) is 0 Å². The SMILES string of the molecule is Nc1ccc(Oc2ccc(Br)cc2[N+](=O)[O-])nn1. The standard InChI is InChI=1S/C10H7BrN4O3/c11-6-1-2-8(7(5-6)15(16)17)18-10-4-3-9(12)13-14-10/h1-5H,(H2,12,13). The summed E-state index contributed by atoms with van der Waals surface area (Å²) in [7, 11) is 0. The largest absolute Gasteiger partial charge is 0.430 e. The van der Waals surface area contributed by atoms with E-state index in [4.69, 9.17) is 10.5 Å². The Morgan fingerprint density at radius 1 is 1.28 bits per heavy atom. The quantitative estimate of drug-likeness (QED) is 0.690. The Labute approximate surface area is 110 Å². The summed E-state index contributed by atoms with van der Waals surface area (Å²) in [6.45, 7) is 0. The van der Waals surface area contributed by atoms with Crippen molar-refractivity contribution in [3.05, 3.63) is 44.9 Å². The van der Waals surface area contributed by atoms with Crippen molar-refractivity contribution in [2.45, 2.75) is 0 Å². The predicted octanol–water partition coefficient (Wildman–Crippen LogP) is 2.52. The number of nitrogen functional groups attached to an aromatic ring is 1.